The van der Waals surface area contributed by atoms with Crippen LogP contribution in [0.1, 0.15) is 19.8 Å². The second-order valence-corrected chi connectivity index (χ2v) is 6.19. The molecule has 20 heavy (non-hydrogen) atoms. The summed E-state index contributed by atoms with van der Waals surface area (Å²) >= 11 is 2.05. The highest BCUT2D eigenvalue weighted by atomic mass is 32.2. The number of anilines is 2. The summed E-state index contributed by atoms with van der Waals surface area (Å²) in [6, 6.07) is 0. The third-order valence-corrected chi connectivity index (χ3v) is 4.57. The summed E-state index contributed by atoms with van der Waals surface area (Å²) < 4.78 is 0. The highest BCUT2D eigenvalue weighted by Gasteiger charge is 2.15. The molecule has 0 spiro atoms. The average Bonchev–Trinajstić information content (AvgIpc) is 2.95. The Hall–Kier alpha value is -1.50. The molecule has 3 heterocycles. The van der Waals surface area contributed by atoms with Gasteiger partial charge in [-0.1, -0.05) is 0 Å². The molecule has 0 saturated carbocycles. The zero-order valence-electron chi connectivity index (χ0n) is 11.6. The summed E-state index contributed by atoms with van der Waals surface area (Å²) in [4.78, 5) is 16.3. The first-order valence-corrected chi connectivity index (χ1v) is 8.29. The maximum atomic E-state index is 4.54. The van der Waals surface area contributed by atoms with Crippen molar-refractivity contribution in [1.29, 1.82) is 0 Å². The quantitative estimate of drug-likeness (QED) is 0.785. The van der Waals surface area contributed by atoms with Crippen molar-refractivity contribution in [3.63, 3.8) is 0 Å². The molecule has 0 amide bonds. The molecule has 1 fully saturated rings. The minimum Gasteiger partial charge on any atom is -0.368 e. The Kier molecular flexibility index (Phi) is 4.25. The first kappa shape index (κ1) is 13.5. The number of thioether (sulfide) groups is 1. The van der Waals surface area contributed by atoms with Crippen LogP contribution in [0, 0.1) is 5.92 Å². The molecule has 7 heteroatoms. The van der Waals surface area contributed by atoms with Crippen LogP contribution in [-0.4, -0.2) is 44.5 Å². The van der Waals surface area contributed by atoms with Gasteiger partial charge in [0.15, 0.2) is 11.5 Å². The van der Waals surface area contributed by atoms with Crippen LogP contribution >= 0.6 is 11.8 Å². The lowest BCUT2D eigenvalue weighted by Gasteiger charge is -2.21. The van der Waals surface area contributed by atoms with Crippen LogP contribution in [0.2, 0.25) is 0 Å². The topological polar surface area (TPSA) is 78.5 Å². The molecule has 1 aliphatic rings. The van der Waals surface area contributed by atoms with E-state index < -0.39 is 0 Å². The highest BCUT2D eigenvalue weighted by Crippen LogP contribution is 2.24. The van der Waals surface area contributed by atoms with Gasteiger partial charge < -0.3 is 15.6 Å². The summed E-state index contributed by atoms with van der Waals surface area (Å²) in [7, 11) is 0. The van der Waals surface area contributed by atoms with Crippen LogP contribution in [0.15, 0.2) is 6.33 Å². The molecular formula is C13H20N6S. The number of nitrogens with zero attached hydrogens (tertiary/aromatic N) is 3. The molecule has 0 unspecified atom stereocenters. The smallest absolute Gasteiger partial charge is 0.226 e. The summed E-state index contributed by atoms with van der Waals surface area (Å²) in [5.41, 5.74) is 1.59. The summed E-state index contributed by atoms with van der Waals surface area (Å²) in [6.07, 6.45) is 4.24. The van der Waals surface area contributed by atoms with Gasteiger partial charge in [-0.3, -0.25) is 0 Å². The summed E-state index contributed by atoms with van der Waals surface area (Å²) in [5, 5.41) is 6.62. The summed E-state index contributed by atoms with van der Waals surface area (Å²) in [6.45, 7) is 3.80. The van der Waals surface area contributed by atoms with E-state index in [1.54, 1.807) is 6.33 Å². The van der Waals surface area contributed by atoms with E-state index in [-0.39, 0.29) is 0 Å². The fourth-order valence-corrected chi connectivity index (χ4v) is 3.59. The van der Waals surface area contributed by atoms with Crippen molar-refractivity contribution in [2.45, 2.75) is 19.8 Å². The lowest BCUT2D eigenvalue weighted by Crippen LogP contribution is -2.20. The normalized spacial score (nSPS) is 16.4. The van der Waals surface area contributed by atoms with Crippen LogP contribution in [0.3, 0.4) is 0 Å². The van der Waals surface area contributed by atoms with Gasteiger partial charge in [0.25, 0.3) is 0 Å². The predicted molar refractivity (Wildman–Crippen MR) is 84.4 cm³/mol. The second kappa shape index (κ2) is 6.30. The van der Waals surface area contributed by atoms with Crippen LogP contribution in [0.25, 0.3) is 11.2 Å². The van der Waals surface area contributed by atoms with Gasteiger partial charge >= 0.3 is 0 Å². The van der Waals surface area contributed by atoms with E-state index in [4.69, 9.17) is 0 Å². The Balaban J connectivity index is 1.76. The summed E-state index contributed by atoms with van der Waals surface area (Å²) in [5.74, 6) is 4.78. The van der Waals surface area contributed by atoms with E-state index in [9.17, 15) is 0 Å². The largest absolute Gasteiger partial charge is 0.368 e. The number of imidazole rings is 1. The standard InChI is InChI=1S/C13H20N6S/c1-2-14-13-18-11(10-12(19-13)17-8-16-10)15-7-9-3-5-20-6-4-9/h8-9H,2-7H2,1H3,(H3,14,15,16,17,18,19). The van der Waals surface area contributed by atoms with Crippen molar-refractivity contribution in [1.82, 2.24) is 19.9 Å². The molecule has 3 N–H and O–H groups in total. The van der Waals surface area contributed by atoms with Crippen molar-refractivity contribution >= 4 is 34.7 Å². The van der Waals surface area contributed by atoms with Gasteiger partial charge in [0, 0.05) is 13.1 Å². The van der Waals surface area contributed by atoms with Crippen LogP contribution in [-0.2, 0) is 0 Å². The Morgan fingerprint density at radius 1 is 1.30 bits per heavy atom. The third-order valence-electron chi connectivity index (χ3n) is 3.52. The van der Waals surface area contributed by atoms with Gasteiger partial charge in [0.2, 0.25) is 5.95 Å². The average molecular weight is 292 g/mol. The van der Waals surface area contributed by atoms with Crippen molar-refractivity contribution in [3.05, 3.63) is 6.33 Å². The molecule has 2 aromatic heterocycles. The number of H-pyrrole nitrogens is 1. The molecule has 0 bridgehead atoms. The monoisotopic (exact) mass is 292 g/mol. The lowest BCUT2D eigenvalue weighted by atomic mass is 10.0. The molecule has 3 rings (SSSR count). The number of nitrogens with one attached hydrogen (secondary N) is 3. The minimum absolute atomic E-state index is 0.633. The van der Waals surface area contributed by atoms with E-state index >= 15 is 0 Å². The predicted octanol–water partition coefficient (Wildman–Crippen LogP) is 2.34. The Bertz CT molecular complexity index is 563. The van der Waals surface area contributed by atoms with Crippen molar-refractivity contribution < 1.29 is 0 Å². The van der Waals surface area contributed by atoms with Gasteiger partial charge in [0.05, 0.1) is 6.33 Å². The number of fused-ring (bicyclic) bond motifs is 1. The molecule has 1 saturated heterocycles. The molecular weight excluding hydrogens is 272 g/mol. The zero-order chi connectivity index (χ0) is 13.8. The maximum absolute atomic E-state index is 4.54. The lowest BCUT2D eigenvalue weighted by molar-refractivity contribution is 0.515. The third kappa shape index (κ3) is 2.98. The van der Waals surface area contributed by atoms with E-state index in [0.717, 1.165) is 30.3 Å². The molecule has 108 valence electrons. The van der Waals surface area contributed by atoms with Crippen LogP contribution in [0.5, 0.6) is 0 Å². The van der Waals surface area contributed by atoms with E-state index in [0.29, 0.717) is 11.6 Å². The molecule has 1 aliphatic heterocycles. The molecule has 0 aliphatic carbocycles. The van der Waals surface area contributed by atoms with E-state index in [2.05, 4.69) is 42.3 Å². The van der Waals surface area contributed by atoms with E-state index in [1.807, 2.05) is 6.92 Å². The Morgan fingerprint density at radius 2 is 2.15 bits per heavy atom. The zero-order valence-corrected chi connectivity index (χ0v) is 12.5. The minimum atomic E-state index is 0.633. The van der Waals surface area contributed by atoms with Crippen molar-refractivity contribution in [2.75, 3.05) is 35.2 Å². The molecule has 0 aromatic carbocycles. The van der Waals surface area contributed by atoms with Gasteiger partial charge in [-0.05, 0) is 37.2 Å². The van der Waals surface area contributed by atoms with Gasteiger partial charge in [-0.15, -0.1) is 0 Å². The molecule has 0 atom stereocenters. The number of aromatic nitrogens is 4. The Morgan fingerprint density at radius 3 is 2.95 bits per heavy atom. The van der Waals surface area contributed by atoms with Crippen molar-refractivity contribution in [2.24, 2.45) is 5.92 Å². The SMILES string of the molecule is CCNc1nc(NCC2CCSCC2)c2[nH]cnc2n1. The molecule has 0 radical (unpaired) electrons. The van der Waals surface area contributed by atoms with Crippen LogP contribution < -0.4 is 10.6 Å². The molecule has 6 nitrogen and oxygen atoms in total. The van der Waals surface area contributed by atoms with Crippen molar-refractivity contribution in [3.8, 4) is 0 Å². The Labute approximate surface area is 122 Å². The van der Waals surface area contributed by atoms with Gasteiger partial charge in [-0.2, -0.15) is 21.7 Å². The fraction of sp³-hybridized carbons (Fsp3) is 0.615. The highest BCUT2D eigenvalue weighted by molar-refractivity contribution is 7.99. The van der Waals surface area contributed by atoms with Gasteiger partial charge in [-0.25, -0.2) is 4.98 Å². The van der Waals surface area contributed by atoms with Gasteiger partial charge in [0.1, 0.15) is 5.52 Å². The number of hydrogen-bond acceptors (Lipinski definition) is 6. The van der Waals surface area contributed by atoms with Crippen LogP contribution in [0.4, 0.5) is 11.8 Å². The number of aromatic amines is 1. The first-order chi connectivity index (χ1) is 9.86. The first-order valence-electron chi connectivity index (χ1n) is 7.13. The fourth-order valence-electron chi connectivity index (χ4n) is 2.39. The number of rotatable bonds is 5. The van der Waals surface area contributed by atoms with E-state index in [1.165, 1.54) is 24.3 Å². The second-order valence-electron chi connectivity index (χ2n) is 4.96. The number of hydrogen-bond donors (Lipinski definition) is 3. The maximum Gasteiger partial charge on any atom is 0.226 e. The molecule has 2 aromatic rings.